The second-order valence-corrected chi connectivity index (χ2v) is 15.0. The maximum atomic E-state index is 13.9. The molecule has 3 saturated carbocycles. The molecule has 1 saturated heterocycles. The Kier molecular flexibility index (Phi) is 7.27. The predicted octanol–water partition coefficient (Wildman–Crippen LogP) is 5.56. The van der Waals surface area contributed by atoms with Crippen molar-refractivity contribution in [1.29, 1.82) is 0 Å². The zero-order valence-corrected chi connectivity index (χ0v) is 27.1. The average Bonchev–Trinajstić information content (AvgIpc) is 3.65. The molecule has 9 heteroatoms. The lowest BCUT2D eigenvalue weighted by molar-refractivity contribution is -0.267. The normalized spacial score (nSPS) is 44.5. The first kappa shape index (κ1) is 31.1. The molecule has 4 aliphatic carbocycles. The van der Waals surface area contributed by atoms with Crippen LogP contribution < -0.4 is 0 Å². The number of hydrogen-bond donors (Lipinski definition) is 0. The molecule has 1 unspecified atom stereocenters. The van der Waals surface area contributed by atoms with Gasteiger partial charge in [0, 0.05) is 53.4 Å². The van der Waals surface area contributed by atoms with Crippen molar-refractivity contribution < 1.29 is 42.5 Å². The summed E-state index contributed by atoms with van der Waals surface area (Å²) in [6, 6.07) is 1.86. The summed E-state index contributed by atoms with van der Waals surface area (Å²) >= 11 is 0. The van der Waals surface area contributed by atoms with E-state index in [1.165, 1.54) is 13.8 Å². The molecule has 0 bridgehead atoms. The largest absolute Gasteiger partial charge is 0.472 e. The molecule has 12 atom stereocenters. The monoisotopic (exact) mass is 610 g/mol. The lowest BCUT2D eigenvalue weighted by atomic mass is 9.36. The van der Waals surface area contributed by atoms with E-state index in [0.29, 0.717) is 19.4 Å². The number of ketones is 1. The maximum Gasteiger partial charge on any atom is 0.309 e. The lowest BCUT2D eigenvalue weighted by Gasteiger charge is -2.69. The molecule has 44 heavy (non-hydrogen) atoms. The molecule has 6 rings (SSSR count). The second kappa shape index (κ2) is 10.3. The number of rotatable bonds is 6. The van der Waals surface area contributed by atoms with Crippen LogP contribution in [0.5, 0.6) is 0 Å². The number of carbonyl (C=O) groups excluding carboxylic acids is 4. The fraction of sp³-hybridized carbons (Fsp3) is 0.714. The van der Waals surface area contributed by atoms with E-state index in [2.05, 4.69) is 27.7 Å². The minimum absolute atomic E-state index is 0.0114. The van der Waals surface area contributed by atoms with E-state index >= 15 is 0 Å². The Morgan fingerprint density at radius 3 is 2.34 bits per heavy atom. The molecule has 2 heterocycles. The van der Waals surface area contributed by atoms with E-state index in [4.69, 9.17) is 23.4 Å². The molecule has 0 radical (unpaired) electrons. The van der Waals surface area contributed by atoms with Gasteiger partial charge in [0.1, 0.15) is 18.3 Å². The SMILES string of the molecule is CCC(C)C(=O)O[C@@H]1[C@@H]2OC[C@]3(C)[C@H](OC(C)=O)C[C@H](OC(C)=O)[C@@](C)([C@@H]23)[C@H]2CC[C@]3(C)C(=CC(=O)[C@H]3c3ccoc3)[C@]12C. The molecular formula is C35H46O9. The Labute approximate surface area is 259 Å². The van der Waals surface area contributed by atoms with Gasteiger partial charge in [0.2, 0.25) is 0 Å². The van der Waals surface area contributed by atoms with Crippen LogP contribution in [0.15, 0.2) is 34.7 Å². The van der Waals surface area contributed by atoms with Gasteiger partial charge in [0.05, 0.1) is 37.1 Å². The van der Waals surface area contributed by atoms with Crippen LogP contribution in [0.3, 0.4) is 0 Å². The highest BCUT2D eigenvalue weighted by Gasteiger charge is 2.78. The van der Waals surface area contributed by atoms with Gasteiger partial charge in [-0.1, -0.05) is 41.5 Å². The molecule has 0 spiro atoms. The van der Waals surface area contributed by atoms with Crippen LogP contribution in [0.4, 0.5) is 0 Å². The molecule has 240 valence electrons. The molecule has 0 N–H and O–H groups in total. The van der Waals surface area contributed by atoms with Gasteiger partial charge in [-0.15, -0.1) is 0 Å². The van der Waals surface area contributed by atoms with Crippen molar-refractivity contribution in [3.05, 3.63) is 35.8 Å². The van der Waals surface area contributed by atoms with E-state index in [1.54, 1.807) is 18.6 Å². The third-order valence-electron chi connectivity index (χ3n) is 12.6. The highest BCUT2D eigenvalue weighted by atomic mass is 16.6. The predicted molar refractivity (Wildman–Crippen MR) is 158 cm³/mol. The van der Waals surface area contributed by atoms with Gasteiger partial charge < -0.3 is 23.4 Å². The van der Waals surface area contributed by atoms with Crippen molar-refractivity contribution in [3.63, 3.8) is 0 Å². The van der Waals surface area contributed by atoms with Crippen LogP contribution in [-0.4, -0.2) is 54.7 Å². The van der Waals surface area contributed by atoms with Gasteiger partial charge >= 0.3 is 17.9 Å². The standard InChI is InChI=1S/C35H46O9/c1-9-18(2)31(39)44-30-28-29-33(6,17-41-28)25(42-19(3)36)15-26(43-20(4)37)35(29,8)23-10-12-32(5)24(34(23,30)7)14-22(38)27(32)21-11-13-40-16-21/h11,13-14,16,18,23,25-30H,9-10,12,15,17H2,1-8H3/t18?,23-,25+,26-,27+,28+,29-,30+,32+,33+,34+,35-/m0/s1. The number of carbonyl (C=O) groups is 4. The minimum Gasteiger partial charge on any atom is -0.472 e. The highest BCUT2D eigenvalue weighted by Crippen LogP contribution is 2.75. The fourth-order valence-corrected chi connectivity index (χ4v) is 10.6. The van der Waals surface area contributed by atoms with Crippen LogP contribution in [0.25, 0.3) is 0 Å². The number of ether oxygens (including phenoxy) is 4. The number of fused-ring (bicyclic) bond motifs is 4. The zero-order valence-electron chi connectivity index (χ0n) is 27.1. The van der Waals surface area contributed by atoms with Crippen molar-refractivity contribution in [2.75, 3.05) is 6.61 Å². The molecule has 1 aromatic heterocycles. The molecule has 0 amide bonds. The van der Waals surface area contributed by atoms with Crippen molar-refractivity contribution in [1.82, 2.24) is 0 Å². The summed E-state index contributed by atoms with van der Waals surface area (Å²) < 4.78 is 30.8. The van der Waals surface area contributed by atoms with Gasteiger partial charge in [-0.05, 0) is 42.9 Å². The van der Waals surface area contributed by atoms with Gasteiger partial charge in [-0.3, -0.25) is 19.2 Å². The van der Waals surface area contributed by atoms with E-state index < -0.39 is 63.9 Å². The zero-order chi connectivity index (χ0) is 32.0. The molecule has 9 nitrogen and oxygen atoms in total. The third kappa shape index (κ3) is 4.06. The molecule has 0 aromatic carbocycles. The summed E-state index contributed by atoms with van der Waals surface area (Å²) in [5, 5.41) is 0. The van der Waals surface area contributed by atoms with Crippen LogP contribution in [0.2, 0.25) is 0 Å². The van der Waals surface area contributed by atoms with Crippen molar-refractivity contribution >= 4 is 23.7 Å². The minimum atomic E-state index is -0.807. The Balaban J connectivity index is 1.55. The first-order valence-electron chi connectivity index (χ1n) is 16.1. The third-order valence-corrected chi connectivity index (χ3v) is 12.6. The van der Waals surface area contributed by atoms with Crippen LogP contribution in [0, 0.1) is 39.4 Å². The second-order valence-electron chi connectivity index (χ2n) is 15.0. The van der Waals surface area contributed by atoms with Gasteiger partial charge in [0.25, 0.3) is 0 Å². The fourth-order valence-electron chi connectivity index (χ4n) is 10.6. The molecule has 1 aromatic rings. The summed E-state index contributed by atoms with van der Waals surface area (Å²) in [4.78, 5) is 52.5. The topological polar surface area (TPSA) is 118 Å². The van der Waals surface area contributed by atoms with E-state index in [-0.39, 0.29) is 29.5 Å². The summed E-state index contributed by atoms with van der Waals surface area (Å²) in [7, 11) is 0. The molecule has 5 aliphatic rings. The number of hydrogen-bond acceptors (Lipinski definition) is 9. The number of esters is 3. The van der Waals surface area contributed by atoms with Crippen molar-refractivity contribution in [3.8, 4) is 0 Å². The summed E-state index contributed by atoms with van der Waals surface area (Å²) in [6.07, 6.45) is 5.05. The van der Waals surface area contributed by atoms with Crippen molar-refractivity contribution in [2.24, 2.45) is 39.4 Å². The molecule has 1 aliphatic heterocycles. The van der Waals surface area contributed by atoms with Gasteiger partial charge in [-0.2, -0.15) is 0 Å². The molecular weight excluding hydrogens is 564 g/mol. The quantitative estimate of drug-likeness (QED) is 0.301. The van der Waals surface area contributed by atoms with Crippen LogP contribution >= 0.6 is 0 Å². The Morgan fingerprint density at radius 2 is 1.73 bits per heavy atom. The Hall–Kier alpha value is -2.94. The van der Waals surface area contributed by atoms with Crippen LogP contribution in [0.1, 0.15) is 92.6 Å². The van der Waals surface area contributed by atoms with E-state index in [9.17, 15) is 19.2 Å². The maximum absolute atomic E-state index is 13.9. The Morgan fingerprint density at radius 1 is 1.05 bits per heavy atom. The summed E-state index contributed by atoms with van der Waals surface area (Å²) in [5.41, 5.74) is -0.791. The number of allylic oxidation sites excluding steroid dienone is 1. The highest BCUT2D eigenvalue weighted by molar-refractivity contribution is 6.00. The van der Waals surface area contributed by atoms with Gasteiger partial charge in [0.15, 0.2) is 5.78 Å². The van der Waals surface area contributed by atoms with E-state index in [1.807, 2.05) is 19.9 Å². The van der Waals surface area contributed by atoms with Crippen LogP contribution in [-0.2, 0) is 38.1 Å². The number of furan rings is 1. The summed E-state index contributed by atoms with van der Waals surface area (Å²) in [5.74, 6) is -2.22. The first-order chi connectivity index (χ1) is 20.6. The van der Waals surface area contributed by atoms with Gasteiger partial charge in [-0.25, -0.2) is 0 Å². The average molecular weight is 611 g/mol. The van der Waals surface area contributed by atoms with Crippen molar-refractivity contribution in [2.45, 2.75) is 111 Å². The summed E-state index contributed by atoms with van der Waals surface area (Å²) in [6.45, 7) is 15.5. The molecule has 4 fully saturated rings. The smallest absolute Gasteiger partial charge is 0.309 e. The first-order valence-corrected chi connectivity index (χ1v) is 16.1. The van der Waals surface area contributed by atoms with E-state index in [0.717, 1.165) is 24.0 Å². The Bertz CT molecular complexity index is 1400. The lowest BCUT2D eigenvalue weighted by Crippen LogP contribution is -2.73.